The molecule has 1 rings (SSSR count). The lowest BCUT2D eigenvalue weighted by Gasteiger charge is -2.15. The van der Waals surface area contributed by atoms with E-state index >= 15 is 0 Å². The highest BCUT2D eigenvalue weighted by Crippen LogP contribution is 2.17. The van der Waals surface area contributed by atoms with Gasteiger partial charge >= 0.3 is 5.97 Å². The number of amides is 1. The van der Waals surface area contributed by atoms with Crippen molar-refractivity contribution in [3.05, 3.63) is 34.1 Å². The van der Waals surface area contributed by atoms with Crippen LogP contribution in [0.4, 0.5) is 4.39 Å². The highest BCUT2D eigenvalue weighted by molar-refractivity contribution is 9.10. The zero-order valence-corrected chi connectivity index (χ0v) is 11.0. The van der Waals surface area contributed by atoms with Crippen LogP contribution in [0, 0.1) is 5.82 Å². The third kappa shape index (κ3) is 3.52. The Morgan fingerprint density at radius 3 is 2.65 bits per heavy atom. The van der Waals surface area contributed by atoms with Gasteiger partial charge in [-0.05, 0) is 34.1 Å². The Kier molecular flexibility index (Phi) is 4.62. The molecule has 0 aromatic heterocycles. The van der Waals surface area contributed by atoms with E-state index in [1.807, 2.05) is 0 Å². The number of nitrogens with zero attached hydrogens (tertiary/aromatic N) is 1. The molecule has 0 saturated heterocycles. The van der Waals surface area contributed by atoms with Gasteiger partial charge in [0.1, 0.15) is 12.4 Å². The number of methoxy groups -OCH3 is 1. The number of hydrogen-bond donors (Lipinski definition) is 0. The Hall–Kier alpha value is -1.43. The number of likely N-dealkylation sites (N-methyl/N-ethyl adjacent to an activating group) is 1. The highest BCUT2D eigenvalue weighted by Gasteiger charge is 2.16. The Morgan fingerprint density at radius 1 is 1.47 bits per heavy atom. The summed E-state index contributed by atoms with van der Waals surface area (Å²) in [4.78, 5) is 24.0. The standard InChI is InChI=1S/C11H11BrFNO3/c1-14(6-10(15)17-2)11(16)7-3-4-9(13)8(12)5-7/h3-5H,6H2,1-2H3. The van der Waals surface area contributed by atoms with Crippen LogP contribution in [-0.4, -0.2) is 37.5 Å². The molecule has 1 aromatic carbocycles. The number of halogens is 2. The topological polar surface area (TPSA) is 46.6 Å². The first-order valence-corrected chi connectivity index (χ1v) is 5.52. The minimum Gasteiger partial charge on any atom is -0.468 e. The van der Waals surface area contributed by atoms with E-state index in [9.17, 15) is 14.0 Å². The highest BCUT2D eigenvalue weighted by atomic mass is 79.9. The Labute approximate surface area is 106 Å². The van der Waals surface area contributed by atoms with Crippen molar-refractivity contribution in [2.75, 3.05) is 20.7 Å². The predicted octanol–water partition coefficient (Wildman–Crippen LogP) is 1.83. The van der Waals surface area contributed by atoms with Gasteiger partial charge in [0, 0.05) is 12.6 Å². The van der Waals surface area contributed by atoms with Crippen LogP contribution in [0.3, 0.4) is 0 Å². The van der Waals surface area contributed by atoms with Crippen LogP contribution in [0.5, 0.6) is 0 Å². The Balaban J connectivity index is 2.81. The average Bonchev–Trinajstić information content (AvgIpc) is 2.31. The van der Waals surface area contributed by atoms with Crippen LogP contribution in [0.2, 0.25) is 0 Å². The number of esters is 1. The summed E-state index contributed by atoms with van der Waals surface area (Å²) >= 11 is 2.99. The maximum absolute atomic E-state index is 13.0. The van der Waals surface area contributed by atoms with Crippen LogP contribution in [0.1, 0.15) is 10.4 Å². The monoisotopic (exact) mass is 303 g/mol. The zero-order chi connectivity index (χ0) is 13.0. The summed E-state index contributed by atoms with van der Waals surface area (Å²) in [6.07, 6.45) is 0. The van der Waals surface area contributed by atoms with Gasteiger partial charge in [0.05, 0.1) is 11.6 Å². The molecule has 0 N–H and O–H groups in total. The first-order valence-electron chi connectivity index (χ1n) is 4.73. The van der Waals surface area contributed by atoms with E-state index in [-0.39, 0.29) is 16.9 Å². The van der Waals surface area contributed by atoms with Crippen LogP contribution < -0.4 is 0 Å². The lowest BCUT2D eigenvalue weighted by atomic mass is 10.2. The molecule has 17 heavy (non-hydrogen) atoms. The third-order valence-corrected chi connectivity index (χ3v) is 2.71. The van der Waals surface area contributed by atoms with Crippen molar-refractivity contribution in [3.8, 4) is 0 Å². The number of ether oxygens (including phenoxy) is 1. The molecule has 0 radical (unpaired) electrons. The lowest BCUT2D eigenvalue weighted by molar-refractivity contribution is -0.141. The molecule has 0 bridgehead atoms. The number of hydrogen-bond acceptors (Lipinski definition) is 3. The van der Waals surface area contributed by atoms with Crippen molar-refractivity contribution in [2.45, 2.75) is 0 Å². The largest absolute Gasteiger partial charge is 0.468 e. The van der Waals surface area contributed by atoms with Crippen LogP contribution in [-0.2, 0) is 9.53 Å². The molecule has 0 aliphatic carbocycles. The number of rotatable bonds is 3. The fourth-order valence-electron chi connectivity index (χ4n) is 1.18. The van der Waals surface area contributed by atoms with E-state index < -0.39 is 11.8 Å². The van der Waals surface area contributed by atoms with Crippen LogP contribution >= 0.6 is 15.9 Å². The molecule has 0 fully saturated rings. The van der Waals surface area contributed by atoms with Gasteiger partial charge in [-0.15, -0.1) is 0 Å². The molecule has 0 saturated carbocycles. The van der Waals surface area contributed by atoms with E-state index in [1.165, 1.54) is 37.3 Å². The van der Waals surface area contributed by atoms with Crippen molar-refractivity contribution in [3.63, 3.8) is 0 Å². The molecule has 0 aliphatic heterocycles. The summed E-state index contributed by atoms with van der Waals surface area (Å²) in [5.74, 6) is -1.34. The van der Waals surface area contributed by atoms with Crippen LogP contribution in [0.25, 0.3) is 0 Å². The Bertz CT molecular complexity index is 450. The average molecular weight is 304 g/mol. The maximum atomic E-state index is 13.0. The van der Waals surface area contributed by atoms with Gasteiger partial charge in [-0.25, -0.2) is 4.39 Å². The predicted molar refractivity (Wildman–Crippen MR) is 63.1 cm³/mol. The lowest BCUT2D eigenvalue weighted by Crippen LogP contribution is -2.32. The molecular formula is C11H11BrFNO3. The molecular weight excluding hydrogens is 293 g/mol. The second-order valence-corrected chi connectivity index (χ2v) is 4.22. The molecule has 1 aromatic rings. The molecule has 92 valence electrons. The maximum Gasteiger partial charge on any atom is 0.325 e. The molecule has 4 nitrogen and oxygen atoms in total. The second-order valence-electron chi connectivity index (χ2n) is 3.37. The summed E-state index contributed by atoms with van der Waals surface area (Å²) < 4.78 is 17.6. The molecule has 6 heteroatoms. The normalized spacial score (nSPS) is 9.88. The van der Waals surface area contributed by atoms with E-state index in [4.69, 9.17) is 0 Å². The van der Waals surface area contributed by atoms with Gasteiger partial charge in [-0.1, -0.05) is 0 Å². The van der Waals surface area contributed by atoms with E-state index in [0.717, 1.165) is 0 Å². The van der Waals surface area contributed by atoms with Gasteiger partial charge in [-0.2, -0.15) is 0 Å². The summed E-state index contributed by atoms with van der Waals surface area (Å²) in [6, 6.07) is 3.91. The van der Waals surface area contributed by atoms with Gasteiger partial charge in [0.2, 0.25) is 0 Å². The van der Waals surface area contributed by atoms with Crippen molar-refractivity contribution in [1.29, 1.82) is 0 Å². The first kappa shape index (κ1) is 13.6. The minimum atomic E-state index is -0.512. The summed E-state index contributed by atoms with van der Waals surface area (Å²) in [6.45, 7) is -0.148. The third-order valence-electron chi connectivity index (χ3n) is 2.11. The Morgan fingerprint density at radius 2 is 2.12 bits per heavy atom. The molecule has 0 atom stereocenters. The summed E-state index contributed by atoms with van der Waals surface area (Å²) in [5.41, 5.74) is 0.296. The van der Waals surface area contributed by atoms with Gasteiger partial charge in [0.15, 0.2) is 0 Å². The second kappa shape index (κ2) is 5.77. The zero-order valence-electron chi connectivity index (χ0n) is 9.37. The number of carbonyl (C=O) groups excluding carboxylic acids is 2. The summed E-state index contributed by atoms with van der Waals surface area (Å²) in [7, 11) is 2.71. The first-order chi connectivity index (χ1) is 7.95. The van der Waals surface area contributed by atoms with Crippen molar-refractivity contribution in [1.82, 2.24) is 4.90 Å². The number of benzene rings is 1. The van der Waals surface area contributed by atoms with Gasteiger partial charge in [0.25, 0.3) is 5.91 Å². The van der Waals surface area contributed by atoms with E-state index in [1.54, 1.807) is 0 Å². The quantitative estimate of drug-likeness (QED) is 0.801. The van der Waals surface area contributed by atoms with Gasteiger partial charge < -0.3 is 9.64 Å². The minimum absolute atomic E-state index is 0.148. The van der Waals surface area contributed by atoms with E-state index in [2.05, 4.69) is 20.7 Å². The van der Waals surface area contributed by atoms with Crippen molar-refractivity contribution in [2.24, 2.45) is 0 Å². The van der Waals surface area contributed by atoms with Crippen molar-refractivity contribution < 1.29 is 18.7 Å². The smallest absolute Gasteiger partial charge is 0.325 e. The molecule has 0 spiro atoms. The fourth-order valence-corrected chi connectivity index (χ4v) is 1.56. The van der Waals surface area contributed by atoms with Crippen molar-refractivity contribution >= 4 is 27.8 Å². The number of carbonyl (C=O) groups is 2. The SMILES string of the molecule is COC(=O)CN(C)C(=O)c1ccc(F)c(Br)c1. The molecule has 0 heterocycles. The fraction of sp³-hybridized carbons (Fsp3) is 0.273. The molecule has 0 aliphatic rings. The molecule has 1 amide bonds. The summed E-state index contributed by atoms with van der Waals surface area (Å²) in [5, 5.41) is 0. The van der Waals surface area contributed by atoms with Crippen LogP contribution in [0.15, 0.2) is 22.7 Å². The van der Waals surface area contributed by atoms with Gasteiger partial charge in [-0.3, -0.25) is 9.59 Å². The van der Waals surface area contributed by atoms with E-state index in [0.29, 0.717) is 5.56 Å². The molecule has 0 unspecified atom stereocenters.